The first-order chi connectivity index (χ1) is 17.6. The molecule has 208 valence electrons. The predicted octanol–water partition coefficient (Wildman–Crippen LogP) is 3.58. The van der Waals surface area contributed by atoms with Crippen molar-refractivity contribution in [3.8, 4) is 0 Å². The quantitative estimate of drug-likeness (QED) is 0.273. The fraction of sp³-hybridized carbons (Fsp3) is 0.759. The molecule has 7 nitrogen and oxygen atoms in total. The first-order valence-corrected chi connectivity index (χ1v) is 14.8. The molecule has 0 radical (unpaired) electrons. The fourth-order valence-corrected chi connectivity index (χ4v) is 9.34. The van der Waals surface area contributed by atoms with Crippen LogP contribution in [0.1, 0.15) is 59.8 Å². The summed E-state index contributed by atoms with van der Waals surface area (Å²) in [6.45, 7) is 17.3. The zero-order valence-electron chi connectivity index (χ0n) is 23.4. The van der Waals surface area contributed by atoms with Gasteiger partial charge in [-0.3, -0.25) is 14.4 Å². The summed E-state index contributed by atoms with van der Waals surface area (Å²) in [4.78, 5) is 47.7. The Bertz CT molecular complexity index is 879. The van der Waals surface area contributed by atoms with Crippen LogP contribution in [0, 0.1) is 23.7 Å². The van der Waals surface area contributed by atoms with Crippen LogP contribution >= 0.6 is 11.8 Å². The number of carbonyl (C=O) groups is 3. The number of rotatable bonds is 14. The van der Waals surface area contributed by atoms with E-state index >= 15 is 0 Å². The van der Waals surface area contributed by atoms with Crippen LogP contribution in [0.25, 0.3) is 0 Å². The largest absolute Gasteiger partial charge is 0.394 e. The van der Waals surface area contributed by atoms with Crippen molar-refractivity contribution in [2.45, 2.75) is 81.9 Å². The number of likely N-dealkylation sites (tertiary alicyclic amines) is 1. The van der Waals surface area contributed by atoms with E-state index in [9.17, 15) is 19.5 Å². The van der Waals surface area contributed by atoms with Gasteiger partial charge >= 0.3 is 0 Å². The van der Waals surface area contributed by atoms with E-state index in [-0.39, 0.29) is 41.4 Å². The Morgan fingerprint density at radius 1 is 1.22 bits per heavy atom. The van der Waals surface area contributed by atoms with E-state index in [0.29, 0.717) is 26.1 Å². The maximum atomic E-state index is 14.5. The fourth-order valence-electron chi connectivity index (χ4n) is 6.95. The van der Waals surface area contributed by atoms with Crippen molar-refractivity contribution >= 4 is 29.5 Å². The van der Waals surface area contributed by atoms with Crippen LogP contribution < -0.4 is 0 Å². The number of aliphatic hydroxyl groups excluding tert-OH is 1. The van der Waals surface area contributed by atoms with Crippen LogP contribution in [0.15, 0.2) is 25.3 Å². The molecule has 0 aromatic carbocycles. The number of likely N-dealkylation sites (N-methyl/N-ethyl adjacent to an activating group) is 1. The highest BCUT2D eigenvalue weighted by Crippen LogP contribution is 2.69. The van der Waals surface area contributed by atoms with Crippen LogP contribution in [-0.2, 0) is 14.4 Å². The highest BCUT2D eigenvalue weighted by molar-refractivity contribution is 8.02. The molecule has 3 rings (SSSR count). The smallest absolute Gasteiger partial charge is 0.247 e. The molecule has 2 bridgehead atoms. The molecule has 7 atom stereocenters. The molecule has 1 spiro atoms. The van der Waals surface area contributed by atoms with E-state index in [0.717, 1.165) is 25.7 Å². The monoisotopic (exact) mass is 533 g/mol. The zero-order valence-corrected chi connectivity index (χ0v) is 24.2. The van der Waals surface area contributed by atoms with Crippen LogP contribution in [-0.4, -0.2) is 92.9 Å². The summed E-state index contributed by atoms with van der Waals surface area (Å²) in [7, 11) is 1.76. The van der Waals surface area contributed by atoms with Crippen molar-refractivity contribution in [3.05, 3.63) is 25.3 Å². The third-order valence-corrected chi connectivity index (χ3v) is 10.6. The minimum absolute atomic E-state index is 0.00628. The van der Waals surface area contributed by atoms with Crippen LogP contribution in [0.4, 0.5) is 0 Å². The van der Waals surface area contributed by atoms with E-state index in [2.05, 4.69) is 40.9 Å². The van der Waals surface area contributed by atoms with Crippen molar-refractivity contribution in [3.63, 3.8) is 0 Å². The Morgan fingerprint density at radius 2 is 1.89 bits per heavy atom. The Kier molecular flexibility index (Phi) is 9.95. The summed E-state index contributed by atoms with van der Waals surface area (Å²) in [5.74, 6) is -0.951. The zero-order chi connectivity index (χ0) is 27.5. The molecule has 0 aromatic rings. The number of carbonyl (C=O) groups excluding carboxylic acids is 3. The van der Waals surface area contributed by atoms with E-state index in [4.69, 9.17) is 0 Å². The van der Waals surface area contributed by atoms with Gasteiger partial charge < -0.3 is 19.8 Å². The van der Waals surface area contributed by atoms with Gasteiger partial charge in [-0.1, -0.05) is 52.7 Å². The summed E-state index contributed by atoms with van der Waals surface area (Å²) in [6, 6.07) is -1.16. The SMILES string of the molecule is C=CCN(C)C(=O)[C@@H]1[C@H]2C(=O)N([C@@H](CO)CC(C)C)C(C(=O)N(CC=C)CCCCC)C23S[C@@H]1CC3C. The summed E-state index contributed by atoms with van der Waals surface area (Å²) in [6.07, 6.45) is 7.80. The second-order valence-corrected chi connectivity index (χ2v) is 13.1. The molecule has 0 aromatic heterocycles. The lowest BCUT2D eigenvalue weighted by Crippen LogP contribution is -2.59. The molecule has 3 saturated heterocycles. The van der Waals surface area contributed by atoms with Crippen molar-refractivity contribution < 1.29 is 19.5 Å². The number of aliphatic hydroxyl groups is 1. The molecule has 3 unspecified atom stereocenters. The number of unbranched alkanes of at least 4 members (excludes halogenated alkanes) is 2. The molecule has 3 heterocycles. The highest BCUT2D eigenvalue weighted by Gasteiger charge is 2.76. The van der Waals surface area contributed by atoms with Gasteiger partial charge in [0, 0.05) is 31.9 Å². The summed E-state index contributed by atoms with van der Waals surface area (Å²) < 4.78 is -0.678. The molecule has 3 amide bonds. The van der Waals surface area contributed by atoms with E-state index < -0.39 is 28.7 Å². The number of hydrogen-bond acceptors (Lipinski definition) is 5. The van der Waals surface area contributed by atoms with Crippen molar-refractivity contribution in [1.29, 1.82) is 0 Å². The Balaban J connectivity index is 2.11. The lowest BCUT2D eigenvalue weighted by molar-refractivity contribution is -0.147. The topological polar surface area (TPSA) is 81.2 Å². The van der Waals surface area contributed by atoms with Gasteiger partial charge in [-0.25, -0.2) is 0 Å². The minimum Gasteiger partial charge on any atom is -0.394 e. The van der Waals surface area contributed by atoms with Gasteiger partial charge in [-0.2, -0.15) is 0 Å². The van der Waals surface area contributed by atoms with Crippen LogP contribution in [0.5, 0.6) is 0 Å². The third-order valence-electron chi connectivity index (χ3n) is 8.52. The van der Waals surface area contributed by atoms with Gasteiger partial charge in [0.1, 0.15) is 6.04 Å². The molecule has 3 aliphatic rings. The molecule has 8 heteroatoms. The minimum atomic E-state index is -0.699. The maximum Gasteiger partial charge on any atom is 0.247 e. The highest BCUT2D eigenvalue weighted by atomic mass is 32.2. The molecular formula is C29H47N3O4S. The molecule has 37 heavy (non-hydrogen) atoms. The average molecular weight is 534 g/mol. The van der Waals surface area contributed by atoms with Crippen LogP contribution in [0.2, 0.25) is 0 Å². The molecule has 0 saturated carbocycles. The number of hydrogen-bond donors (Lipinski definition) is 1. The number of thioether (sulfide) groups is 1. The van der Waals surface area contributed by atoms with Crippen molar-refractivity contribution in [2.24, 2.45) is 23.7 Å². The average Bonchev–Trinajstić information content (AvgIpc) is 3.45. The summed E-state index contributed by atoms with van der Waals surface area (Å²) >= 11 is 1.69. The molecule has 3 fully saturated rings. The predicted molar refractivity (Wildman–Crippen MR) is 150 cm³/mol. The van der Waals surface area contributed by atoms with Crippen molar-refractivity contribution in [2.75, 3.05) is 33.3 Å². The first kappa shape index (κ1) is 29.8. The van der Waals surface area contributed by atoms with Gasteiger partial charge in [0.2, 0.25) is 17.7 Å². The second kappa shape index (κ2) is 12.4. The van der Waals surface area contributed by atoms with Gasteiger partial charge in [-0.15, -0.1) is 24.9 Å². The van der Waals surface area contributed by atoms with E-state index in [1.54, 1.807) is 40.8 Å². The van der Waals surface area contributed by atoms with E-state index in [1.165, 1.54) is 0 Å². The summed E-state index contributed by atoms with van der Waals surface area (Å²) in [5, 5.41) is 10.5. The normalized spacial score (nSPS) is 30.9. The van der Waals surface area contributed by atoms with E-state index in [1.807, 2.05) is 4.90 Å². The van der Waals surface area contributed by atoms with Crippen molar-refractivity contribution in [1.82, 2.24) is 14.7 Å². The Hall–Kier alpha value is -1.80. The van der Waals surface area contributed by atoms with Gasteiger partial charge in [-0.05, 0) is 31.1 Å². The molecule has 3 aliphatic heterocycles. The van der Waals surface area contributed by atoms with Crippen LogP contribution in [0.3, 0.4) is 0 Å². The molecule has 0 aliphatic carbocycles. The number of fused-ring (bicyclic) bond motifs is 1. The standard InChI is InChI=1S/C29H47N3O4S/c1-8-11-12-15-31(14-10-3)28(36)25-29-20(6)17-22(37-29)23(26(34)30(7)13-9-2)24(29)27(35)32(25)21(18-33)16-19(4)5/h9-10,19-25,33H,2-3,8,11-18H2,1,4-7H3/t20?,21-,22-,23+,24+,25?,29?/m1/s1. The van der Waals surface area contributed by atoms with Gasteiger partial charge in [0.25, 0.3) is 0 Å². The lowest BCUT2D eigenvalue weighted by atomic mass is 9.65. The second-order valence-electron chi connectivity index (χ2n) is 11.6. The van der Waals surface area contributed by atoms with Gasteiger partial charge in [0.05, 0.1) is 29.2 Å². The molecular weight excluding hydrogens is 486 g/mol. The summed E-state index contributed by atoms with van der Waals surface area (Å²) in [5.41, 5.74) is 0. The lowest BCUT2D eigenvalue weighted by Gasteiger charge is -2.42. The Labute approximate surface area is 227 Å². The maximum absolute atomic E-state index is 14.5. The Morgan fingerprint density at radius 3 is 2.46 bits per heavy atom. The third kappa shape index (κ3) is 5.25. The number of nitrogens with zero attached hydrogens (tertiary/aromatic N) is 3. The first-order valence-electron chi connectivity index (χ1n) is 14.0. The number of amides is 3. The van der Waals surface area contributed by atoms with Gasteiger partial charge in [0.15, 0.2) is 0 Å². The molecule has 1 N–H and O–H groups in total.